The highest BCUT2D eigenvalue weighted by atomic mass is 19.4. The van der Waals surface area contributed by atoms with E-state index in [9.17, 15) is 13.2 Å². The SMILES string of the molecule is Cc1ncc(C(NN)C(F)(F)F)n1C. The van der Waals surface area contributed by atoms with Crippen LogP contribution in [-0.2, 0) is 7.05 Å². The van der Waals surface area contributed by atoms with Gasteiger partial charge in [-0.1, -0.05) is 0 Å². The second kappa shape index (κ2) is 3.58. The van der Waals surface area contributed by atoms with Crippen molar-refractivity contribution in [2.24, 2.45) is 12.9 Å². The number of hydrogen-bond acceptors (Lipinski definition) is 3. The zero-order valence-electron chi connectivity index (χ0n) is 7.76. The summed E-state index contributed by atoms with van der Waals surface area (Å²) in [6.45, 7) is 1.62. The Kier molecular flexibility index (Phi) is 2.81. The first-order chi connectivity index (χ1) is 6.38. The number of nitrogens with two attached hydrogens (primary N) is 1. The first-order valence-corrected chi connectivity index (χ1v) is 3.89. The average molecular weight is 208 g/mol. The van der Waals surface area contributed by atoms with Gasteiger partial charge >= 0.3 is 6.18 Å². The van der Waals surface area contributed by atoms with Gasteiger partial charge in [-0.15, -0.1) is 0 Å². The number of aromatic nitrogens is 2. The van der Waals surface area contributed by atoms with Crippen LogP contribution < -0.4 is 11.3 Å². The zero-order chi connectivity index (χ0) is 10.9. The molecule has 0 aromatic carbocycles. The summed E-state index contributed by atoms with van der Waals surface area (Å²) in [4.78, 5) is 3.77. The highest BCUT2D eigenvalue weighted by molar-refractivity contribution is 5.10. The molecule has 80 valence electrons. The third-order valence-corrected chi connectivity index (χ3v) is 2.05. The molecule has 3 N–H and O–H groups in total. The van der Waals surface area contributed by atoms with Crippen LogP contribution in [0.4, 0.5) is 13.2 Å². The largest absolute Gasteiger partial charge is 0.410 e. The summed E-state index contributed by atoms with van der Waals surface area (Å²) in [5, 5.41) is 0. The van der Waals surface area contributed by atoms with E-state index in [-0.39, 0.29) is 5.69 Å². The molecule has 0 bridgehead atoms. The Hall–Kier alpha value is -1.08. The zero-order valence-corrected chi connectivity index (χ0v) is 7.76. The predicted molar refractivity (Wildman–Crippen MR) is 44.1 cm³/mol. The molecule has 1 atom stereocenters. The average Bonchev–Trinajstić information content (AvgIpc) is 2.35. The van der Waals surface area contributed by atoms with Gasteiger partial charge in [0, 0.05) is 7.05 Å². The molecule has 1 aromatic rings. The topological polar surface area (TPSA) is 55.9 Å². The smallest absolute Gasteiger partial charge is 0.334 e. The van der Waals surface area contributed by atoms with Crippen LogP contribution >= 0.6 is 0 Å². The third kappa shape index (κ3) is 1.88. The molecule has 0 aliphatic carbocycles. The Bertz CT molecular complexity index is 317. The fraction of sp³-hybridized carbons (Fsp3) is 0.571. The summed E-state index contributed by atoms with van der Waals surface area (Å²) in [5.74, 6) is 5.36. The summed E-state index contributed by atoms with van der Waals surface area (Å²) >= 11 is 0. The minimum Gasteiger partial charge on any atom is -0.334 e. The van der Waals surface area contributed by atoms with Crippen molar-refractivity contribution in [2.75, 3.05) is 0 Å². The lowest BCUT2D eigenvalue weighted by Crippen LogP contribution is -2.39. The van der Waals surface area contributed by atoms with Crippen molar-refractivity contribution in [3.8, 4) is 0 Å². The highest BCUT2D eigenvalue weighted by Gasteiger charge is 2.41. The molecule has 0 saturated carbocycles. The molecule has 4 nitrogen and oxygen atoms in total. The number of imidazole rings is 1. The van der Waals surface area contributed by atoms with Crippen LogP contribution in [0, 0.1) is 6.92 Å². The molecular formula is C7H11F3N4. The first-order valence-electron chi connectivity index (χ1n) is 3.89. The number of hydrazine groups is 1. The van der Waals surface area contributed by atoms with Crippen molar-refractivity contribution in [2.45, 2.75) is 19.1 Å². The molecule has 1 rings (SSSR count). The summed E-state index contributed by atoms with van der Waals surface area (Å²) in [6, 6.07) is -1.88. The summed E-state index contributed by atoms with van der Waals surface area (Å²) in [6.07, 6.45) is -3.26. The van der Waals surface area contributed by atoms with Gasteiger partial charge in [-0.05, 0) is 6.92 Å². The fourth-order valence-electron chi connectivity index (χ4n) is 1.14. The molecule has 0 radical (unpaired) electrons. The van der Waals surface area contributed by atoms with Crippen LogP contribution in [0.2, 0.25) is 0 Å². The van der Waals surface area contributed by atoms with Crippen molar-refractivity contribution in [1.82, 2.24) is 15.0 Å². The van der Waals surface area contributed by atoms with Crippen LogP contribution in [-0.4, -0.2) is 15.7 Å². The van der Waals surface area contributed by atoms with Crippen LogP contribution in [0.15, 0.2) is 6.20 Å². The minimum absolute atomic E-state index is 0.00231. The van der Waals surface area contributed by atoms with Gasteiger partial charge in [-0.25, -0.2) is 10.4 Å². The Morgan fingerprint density at radius 3 is 2.43 bits per heavy atom. The molecule has 0 spiro atoms. The van der Waals surface area contributed by atoms with E-state index in [1.807, 2.05) is 0 Å². The van der Waals surface area contributed by atoms with Gasteiger partial charge < -0.3 is 4.57 Å². The number of nitrogens with zero attached hydrogens (tertiary/aromatic N) is 2. The molecule has 14 heavy (non-hydrogen) atoms. The van der Waals surface area contributed by atoms with Gasteiger partial charge in [0.1, 0.15) is 5.82 Å². The van der Waals surface area contributed by atoms with Crippen molar-refractivity contribution < 1.29 is 13.2 Å². The normalized spacial score (nSPS) is 14.4. The van der Waals surface area contributed by atoms with Gasteiger partial charge in [0.2, 0.25) is 0 Å². The molecule has 0 amide bonds. The van der Waals surface area contributed by atoms with Crippen LogP contribution in [0.3, 0.4) is 0 Å². The molecule has 1 aromatic heterocycles. The van der Waals surface area contributed by atoms with Crippen molar-refractivity contribution in [1.29, 1.82) is 0 Å². The van der Waals surface area contributed by atoms with Crippen molar-refractivity contribution in [3.05, 3.63) is 17.7 Å². The predicted octanol–water partition coefficient (Wildman–Crippen LogP) is 0.795. The molecule has 0 aliphatic rings. The monoisotopic (exact) mass is 208 g/mol. The second-order valence-corrected chi connectivity index (χ2v) is 2.93. The quantitative estimate of drug-likeness (QED) is 0.558. The number of alkyl halides is 3. The van der Waals surface area contributed by atoms with Crippen LogP contribution in [0.5, 0.6) is 0 Å². The number of aryl methyl sites for hydroxylation is 1. The maximum Gasteiger partial charge on any atom is 0.410 e. The maximum atomic E-state index is 12.4. The summed E-state index contributed by atoms with van der Waals surface area (Å²) in [5.41, 5.74) is 1.72. The van der Waals surface area contributed by atoms with Crippen LogP contribution in [0.1, 0.15) is 17.6 Å². The summed E-state index contributed by atoms with van der Waals surface area (Å²) < 4.78 is 38.6. The standard InChI is InChI=1S/C7H11F3N4/c1-4-12-3-5(14(4)2)6(13-11)7(8,9)10/h3,6,13H,11H2,1-2H3. The third-order valence-electron chi connectivity index (χ3n) is 2.05. The van der Waals surface area contributed by atoms with Gasteiger partial charge in [0.25, 0.3) is 0 Å². The van der Waals surface area contributed by atoms with E-state index in [2.05, 4.69) is 4.98 Å². The molecule has 1 unspecified atom stereocenters. The molecule has 1 heterocycles. The number of hydrogen-bond donors (Lipinski definition) is 2. The Labute approximate surface area is 78.9 Å². The lowest BCUT2D eigenvalue weighted by molar-refractivity contribution is -0.159. The summed E-state index contributed by atoms with van der Waals surface area (Å²) in [7, 11) is 1.51. The maximum absolute atomic E-state index is 12.4. The van der Waals surface area contributed by atoms with E-state index in [0.29, 0.717) is 5.82 Å². The van der Waals surface area contributed by atoms with Crippen molar-refractivity contribution >= 4 is 0 Å². The Balaban J connectivity index is 3.08. The molecule has 0 aliphatic heterocycles. The first kappa shape index (κ1) is 11.0. The highest BCUT2D eigenvalue weighted by Crippen LogP contribution is 2.31. The fourth-order valence-corrected chi connectivity index (χ4v) is 1.14. The van der Waals surface area contributed by atoms with Crippen molar-refractivity contribution in [3.63, 3.8) is 0 Å². The Morgan fingerprint density at radius 2 is 2.14 bits per heavy atom. The lowest BCUT2D eigenvalue weighted by Gasteiger charge is -2.19. The van der Waals surface area contributed by atoms with E-state index < -0.39 is 12.2 Å². The van der Waals surface area contributed by atoms with Gasteiger partial charge in [0.05, 0.1) is 11.9 Å². The van der Waals surface area contributed by atoms with Gasteiger partial charge in [0.15, 0.2) is 6.04 Å². The Morgan fingerprint density at radius 1 is 1.57 bits per heavy atom. The number of rotatable bonds is 2. The number of halogens is 3. The van der Waals surface area contributed by atoms with E-state index in [1.54, 1.807) is 12.3 Å². The van der Waals surface area contributed by atoms with E-state index in [4.69, 9.17) is 5.84 Å². The molecule has 7 heteroatoms. The lowest BCUT2D eigenvalue weighted by atomic mass is 10.2. The van der Waals surface area contributed by atoms with Crippen LogP contribution in [0.25, 0.3) is 0 Å². The van der Waals surface area contributed by atoms with E-state index >= 15 is 0 Å². The molecule has 0 fully saturated rings. The van der Waals surface area contributed by atoms with E-state index in [0.717, 1.165) is 6.20 Å². The van der Waals surface area contributed by atoms with E-state index in [1.165, 1.54) is 11.6 Å². The second-order valence-electron chi connectivity index (χ2n) is 2.93. The minimum atomic E-state index is -4.42. The molecule has 0 saturated heterocycles. The number of nitrogens with one attached hydrogen (secondary N) is 1. The molecular weight excluding hydrogens is 197 g/mol. The van der Waals surface area contributed by atoms with Gasteiger partial charge in [-0.3, -0.25) is 5.84 Å². The van der Waals surface area contributed by atoms with Gasteiger partial charge in [-0.2, -0.15) is 13.2 Å².